The summed E-state index contributed by atoms with van der Waals surface area (Å²) in [5.41, 5.74) is 2.55. The third kappa shape index (κ3) is 4.83. The quantitative estimate of drug-likeness (QED) is 0.620. The molecule has 0 radical (unpaired) electrons. The molecule has 1 aromatic heterocycles. The molecule has 4 rings (SSSR count). The van der Waals surface area contributed by atoms with E-state index in [0.717, 1.165) is 31.2 Å². The average Bonchev–Trinajstić information content (AvgIpc) is 3.10. The van der Waals surface area contributed by atoms with Crippen LogP contribution in [0.25, 0.3) is 11.4 Å². The minimum atomic E-state index is -3.83. The van der Waals surface area contributed by atoms with Crippen LogP contribution in [-0.4, -0.2) is 42.5 Å². The van der Waals surface area contributed by atoms with E-state index in [0.29, 0.717) is 29.9 Å². The molecule has 32 heavy (non-hydrogen) atoms. The number of sulfonamides is 1. The number of anilines is 1. The minimum absolute atomic E-state index is 0.0790. The molecular formula is C23H26N4O4S. The summed E-state index contributed by atoms with van der Waals surface area (Å²) in [7, 11) is -3.83. The van der Waals surface area contributed by atoms with Gasteiger partial charge in [0.25, 0.3) is 10.0 Å². The molecule has 8 nitrogen and oxygen atoms in total. The van der Waals surface area contributed by atoms with Gasteiger partial charge in [-0.1, -0.05) is 47.8 Å². The zero-order valence-electron chi connectivity index (χ0n) is 18.2. The van der Waals surface area contributed by atoms with Gasteiger partial charge in [-0.3, -0.25) is 9.52 Å². The van der Waals surface area contributed by atoms with Crippen molar-refractivity contribution in [2.75, 3.05) is 17.8 Å². The SMILES string of the molecule is Cc1ccc(NS(=O)(=O)c2cc(-c3noc(C(=O)N4CCCCCC4)n3)ccc2C)cc1. The molecule has 0 aliphatic carbocycles. The Morgan fingerprint density at radius 3 is 2.38 bits per heavy atom. The molecule has 2 aromatic carbocycles. The summed E-state index contributed by atoms with van der Waals surface area (Å²) in [6.45, 7) is 5.00. The van der Waals surface area contributed by atoms with Gasteiger partial charge in [0.1, 0.15) is 0 Å². The van der Waals surface area contributed by atoms with Gasteiger partial charge >= 0.3 is 11.8 Å². The minimum Gasteiger partial charge on any atom is -0.334 e. The number of hydrogen-bond acceptors (Lipinski definition) is 6. The van der Waals surface area contributed by atoms with Crippen LogP contribution in [-0.2, 0) is 10.0 Å². The molecule has 1 N–H and O–H groups in total. The molecule has 2 heterocycles. The molecule has 1 amide bonds. The first-order chi connectivity index (χ1) is 15.3. The third-order valence-electron chi connectivity index (χ3n) is 5.54. The molecule has 9 heteroatoms. The van der Waals surface area contributed by atoms with Crippen LogP contribution in [0, 0.1) is 13.8 Å². The van der Waals surface area contributed by atoms with Gasteiger partial charge in [-0.15, -0.1) is 0 Å². The maximum atomic E-state index is 13.0. The maximum Gasteiger partial charge on any atom is 0.316 e. The normalized spacial score (nSPS) is 14.8. The molecule has 0 bridgehead atoms. The number of carbonyl (C=O) groups excluding carboxylic acids is 1. The number of amides is 1. The molecule has 1 aliphatic rings. The summed E-state index contributed by atoms with van der Waals surface area (Å²) in [4.78, 5) is 18.8. The van der Waals surface area contributed by atoms with Crippen molar-refractivity contribution in [1.82, 2.24) is 15.0 Å². The van der Waals surface area contributed by atoms with E-state index in [4.69, 9.17) is 4.52 Å². The van der Waals surface area contributed by atoms with E-state index in [9.17, 15) is 13.2 Å². The number of aromatic nitrogens is 2. The fourth-order valence-corrected chi connectivity index (χ4v) is 5.03. The van der Waals surface area contributed by atoms with E-state index in [1.807, 2.05) is 19.1 Å². The van der Waals surface area contributed by atoms with Crippen molar-refractivity contribution in [3.05, 3.63) is 59.5 Å². The summed E-state index contributed by atoms with van der Waals surface area (Å²) in [6.07, 6.45) is 4.13. The van der Waals surface area contributed by atoms with Crippen LogP contribution in [0.1, 0.15) is 47.5 Å². The number of likely N-dealkylation sites (tertiary alicyclic amines) is 1. The monoisotopic (exact) mass is 454 g/mol. The largest absolute Gasteiger partial charge is 0.334 e. The maximum absolute atomic E-state index is 13.0. The number of carbonyl (C=O) groups is 1. The van der Waals surface area contributed by atoms with E-state index < -0.39 is 10.0 Å². The van der Waals surface area contributed by atoms with Gasteiger partial charge in [0, 0.05) is 24.3 Å². The summed E-state index contributed by atoms with van der Waals surface area (Å²) < 4.78 is 33.8. The summed E-state index contributed by atoms with van der Waals surface area (Å²) in [5, 5.41) is 3.92. The standard InChI is InChI=1S/C23H26N4O4S/c1-16-7-11-19(12-8-16)26-32(29,30)20-15-18(10-9-17(20)2)21-24-22(31-25-21)23(28)27-13-5-3-4-6-14-27/h7-12,15,26H,3-6,13-14H2,1-2H3. The summed E-state index contributed by atoms with van der Waals surface area (Å²) in [5.74, 6) is -0.189. The Hall–Kier alpha value is -3.20. The Kier molecular flexibility index (Phi) is 6.27. The van der Waals surface area contributed by atoms with Gasteiger partial charge in [-0.2, -0.15) is 4.98 Å². The van der Waals surface area contributed by atoms with Crippen LogP contribution in [0.5, 0.6) is 0 Å². The first kappa shape index (κ1) is 22.0. The van der Waals surface area contributed by atoms with Gasteiger partial charge in [0.15, 0.2) is 0 Å². The number of nitrogens with one attached hydrogen (secondary N) is 1. The van der Waals surface area contributed by atoms with Crippen molar-refractivity contribution in [2.45, 2.75) is 44.4 Å². The van der Waals surface area contributed by atoms with Crippen molar-refractivity contribution in [3.63, 3.8) is 0 Å². The van der Waals surface area contributed by atoms with E-state index in [2.05, 4.69) is 14.9 Å². The second-order valence-corrected chi connectivity index (χ2v) is 9.73. The Morgan fingerprint density at radius 1 is 1.00 bits per heavy atom. The van der Waals surface area contributed by atoms with Crippen molar-refractivity contribution >= 4 is 21.6 Å². The molecule has 3 aromatic rings. The molecule has 0 spiro atoms. The highest BCUT2D eigenvalue weighted by molar-refractivity contribution is 7.92. The van der Waals surface area contributed by atoms with Gasteiger partial charge in [0.05, 0.1) is 4.90 Å². The number of rotatable bonds is 5. The highest BCUT2D eigenvalue weighted by Gasteiger charge is 2.24. The lowest BCUT2D eigenvalue weighted by Gasteiger charge is -2.17. The predicted molar refractivity (Wildman–Crippen MR) is 121 cm³/mol. The summed E-state index contributed by atoms with van der Waals surface area (Å²) >= 11 is 0. The fourth-order valence-electron chi connectivity index (χ4n) is 3.70. The molecule has 168 valence electrons. The Bertz CT molecular complexity index is 1210. The Balaban J connectivity index is 1.59. The Labute approximate surface area is 187 Å². The number of hydrogen-bond donors (Lipinski definition) is 1. The molecule has 1 saturated heterocycles. The van der Waals surface area contributed by atoms with Crippen molar-refractivity contribution in [3.8, 4) is 11.4 Å². The zero-order chi connectivity index (χ0) is 22.7. The number of nitrogens with zero attached hydrogens (tertiary/aromatic N) is 3. The second kappa shape index (κ2) is 9.12. The first-order valence-corrected chi connectivity index (χ1v) is 12.2. The van der Waals surface area contributed by atoms with Crippen LogP contribution in [0.3, 0.4) is 0 Å². The average molecular weight is 455 g/mol. The van der Waals surface area contributed by atoms with Crippen LogP contribution in [0.2, 0.25) is 0 Å². The molecule has 1 aliphatic heterocycles. The van der Waals surface area contributed by atoms with Crippen molar-refractivity contribution in [1.29, 1.82) is 0 Å². The van der Waals surface area contributed by atoms with Crippen molar-refractivity contribution < 1.29 is 17.7 Å². The van der Waals surface area contributed by atoms with E-state index in [1.165, 1.54) is 6.07 Å². The third-order valence-corrected chi connectivity index (χ3v) is 7.07. The van der Waals surface area contributed by atoms with Gasteiger partial charge in [-0.25, -0.2) is 8.42 Å². The number of benzene rings is 2. The lowest BCUT2D eigenvalue weighted by Crippen LogP contribution is -2.32. The lowest BCUT2D eigenvalue weighted by atomic mass is 10.1. The van der Waals surface area contributed by atoms with E-state index in [1.54, 1.807) is 36.1 Å². The van der Waals surface area contributed by atoms with Crippen LogP contribution >= 0.6 is 0 Å². The van der Waals surface area contributed by atoms with E-state index >= 15 is 0 Å². The van der Waals surface area contributed by atoms with Crippen LogP contribution in [0.15, 0.2) is 51.9 Å². The van der Waals surface area contributed by atoms with Gasteiger partial charge in [-0.05, 0) is 50.5 Å². The smallest absolute Gasteiger partial charge is 0.316 e. The lowest BCUT2D eigenvalue weighted by molar-refractivity contribution is 0.0711. The number of aryl methyl sites for hydroxylation is 2. The molecular weight excluding hydrogens is 428 g/mol. The Morgan fingerprint density at radius 2 is 1.69 bits per heavy atom. The highest BCUT2D eigenvalue weighted by atomic mass is 32.2. The van der Waals surface area contributed by atoms with Gasteiger partial charge in [0.2, 0.25) is 5.82 Å². The molecule has 0 unspecified atom stereocenters. The molecule has 0 atom stereocenters. The second-order valence-electron chi connectivity index (χ2n) is 8.08. The van der Waals surface area contributed by atoms with E-state index in [-0.39, 0.29) is 22.5 Å². The topological polar surface area (TPSA) is 105 Å². The first-order valence-electron chi connectivity index (χ1n) is 10.7. The summed E-state index contributed by atoms with van der Waals surface area (Å²) in [6, 6.07) is 12.0. The van der Waals surface area contributed by atoms with Crippen molar-refractivity contribution in [2.24, 2.45) is 0 Å². The molecule has 0 saturated carbocycles. The van der Waals surface area contributed by atoms with Crippen LogP contribution < -0.4 is 4.72 Å². The fraction of sp³-hybridized carbons (Fsp3) is 0.348. The van der Waals surface area contributed by atoms with Gasteiger partial charge < -0.3 is 9.42 Å². The predicted octanol–water partition coefficient (Wildman–Crippen LogP) is 4.17. The zero-order valence-corrected chi connectivity index (χ0v) is 19.0. The molecule has 1 fully saturated rings. The highest BCUT2D eigenvalue weighted by Crippen LogP contribution is 2.26. The van der Waals surface area contributed by atoms with Crippen LogP contribution in [0.4, 0.5) is 5.69 Å².